The van der Waals surface area contributed by atoms with Gasteiger partial charge in [-0.3, -0.25) is 19.1 Å². The average molecular weight is 491 g/mol. The zero-order valence-corrected chi connectivity index (χ0v) is 19.9. The molecule has 0 radical (unpaired) electrons. The van der Waals surface area contributed by atoms with Gasteiger partial charge < -0.3 is 19.8 Å². The van der Waals surface area contributed by atoms with Crippen LogP contribution in [-0.4, -0.2) is 34.6 Å². The number of ether oxygens (including phenoxy) is 1. The van der Waals surface area contributed by atoms with Crippen LogP contribution in [0, 0.1) is 6.92 Å². The Bertz CT molecular complexity index is 1530. The van der Waals surface area contributed by atoms with Crippen molar-refractivity contribution in [3.05, 3.63) is 92.3 Å². The van der Waals surface area contributed by atoms with Crippen LogP contribution in [0.1, 0.15) is 35.0 Å². The SMILES string of the molecule is CCCN(C(=O)COC(=O)c1oc2ccccc2c1C)c1c(N)n(Cc2ccccc2)c(=O)[nH]c1=O. The van der Waals surface area contributed by atoms with Crippen LogP contribution < -0.4 is 21.9 Å². The van der Waals surface area contributed by atoms with Gasteiger partial charge in [-0.15, -0.1) is 0 Å². The van der Waals surface area contributed by atoms with Gasteiger partial charge in [-0.2, -0.15) is 0 Å². The van der Waals surface area contributed by atoms with Crippen LogP contribution in [0.15, 0.2) is 68.6 Å². The van der Waals surface area contributed by atoms with E-state index in [9.17, 15) is 19.2 Å². The fourth-order valence-corrected chi connectivity index (χ4v) is 3.99. The van der Waals surface area contributed by atoms with Gasteiger partial charge in [0, 0.05) is 17.5 Å². The maximum atomic E-state index is 13.1. The lowest BCUT2D eigenvalue weighted by Gasteiger charge is -2.24. The second-order valence-corrected chi connectivity index (χ2v) is 8.24. The van der Waals surface area contributed by atoms with E-state index in [0.717, 1.165) is 15.8 Å². The van der Waals surface area contributed by atoms with Gasteiger partial charge in [0.1, 0.15) is 11.4 Å². The molecule has 2 aromatic carbocycles. The molecule has 4 rings (SSSR count). The number of fused-ring (bicyclic) bond motifs is 1. The first-order valence-corrected chi connectivity index (χ1v) is 11.4. The third-order valence-corrected chi connectivity index (χ3v) is 5.77. The van der Waals surface area contributed by atoms with Crippen LogP contribution >= 0.6 is 0 Å². The Morgan fingerprint density at radius 2 is 1.78 bits per heavy atom. The summed E-state index contributed by atoms with van der Waals surface area (Å²) in [5.74, 6) is -1.63. The minimum atomic E-state index is -0.803. The summed E-state index contributed by atoms with van der Waals surface area (Å²) in [7, 11) is 0. The predicted octanol–water partition coefficient (Wildman–Crippen LogP) is 2.82. The van der Waals surface area contributed by atoms with E-state index in [1.54, 1.807) is 19.1 Å². The van der Waals surface area contributed by atoms with Crippen LogP contribution in [0.4, 0.5) is 11.5 Å². The minimum Gasteiger partial charge on any atom is -0.450 e. The summed E-state index contributed by atoms with van der Waals surface area (Å²) in [6.07, 6.45) is 0.485. The van der Waals surface area contributed by atoms with Crippen molar-refractivity contribution in [2.45, 2.75) is 26.8 Å². The Balaban J connectivity index is 1.59. The number of nitrogens with one attached hydrogen (secondary N) is 1. The van der Waals surface area contributed by atoms with Gasteiger partial charge in [0.15, 0.2) is 12.3 Å². The van der Waals surface area contributed by atoms with E-state index in [4.69, 9.17) is 14.9 Å². The van der Waals surface area contributed by atoms with E-state index < -0.39 is 29.7 Å². The van der Waals surface area contributed by atoms with E-state index in [-0.39, 0.29) is 30.4 Å². The number of carbonyl (C=O) groups excluding carboxylic acids is 2. The number of anilines is 2. The Kier molecular flexibility index (Phi) is 7.05. The van der Waals surface area contributed by atoms with Crippen molar-refractivity contribution in [2.75, 3.05) is 23.8 Å². The van der Waals surface area contributed by atoms with E-state index >= 15 is 0 Å². The summed E-state index contributed by atoms with van der Waals surface area (Å²) in [6.45, 7) is 3.12. The number of benzene rings is 2. The van der Waals surface area contributed by atoms with Gasteiger partial charge in [0.2, 0.25) is 5.76 Å². The quantitative estimate of drug-likeness (QED) is 0.362. The van der Waals surface area contributed by atoms with E-state index in [1.165, 1.54) is 4.57 Å². The fraction of sp³-hybridized carbons (Fsp3) is 0.231. The molecule has 4 aromatic rings. The third kappa shape index (κ3) is 4.78. The van der Waals surface area contributed by atoms with Gasteiger partial charge in [0.05, 0.1) is 6.54 Å². The van der Waals surface area contributed by atoms with Crippen LogP contribution in [0.2, 0.25) is 0 Å². The maximum absolute atomic E-state index is 13.1. The third-order valence-electron chi connectivity index (χ3n) is 5.77. The Hall–Kier alpha value is -4.60. The first-order chi connectivity index (χ1) is 17.3. The van der Waals surface area contributed by atoms with Crippen LogP contribution in [0.25, 0.3) is 11.0 Å². The van der Waals surface area contributed by atoms with E-state index in [1.807, 2.05) is 49.4 Å². The molecular weight excluding hydrogens is 464 g/mol. The topological polar surface area (TPSA) is 141 Å². The Morgan fingerprint density at radius 1 is 1.08 bits per heavy atom. The number of amides is 1. The first kappa shape index (κ1) is 24.5. The standard InChI is InChI=1S/C26H26N4O6/c1-3-13-29(20(31)15-35-25(33)22-16(2)18-11-7-8-12-19(18)36-22)21-23(27)30(26(34)28-24(21)32)14-17-9-5-4-6-10-17/h4-12H,3,13-15,27H2,1-2H3,(H,28,32,34). The highest BCUT2D eigenvalue weighted by Crippen LogP contribution is 2.25. The molecule has 0 aliphatic carbocycles. The molecule has 186 valence electrons. The smallest absolute Gasteiger partial charge is 0.375 e. The highest BCUT2D eigenvalue weighted by atomic mass is 16.5. The number of furan rings is 1. The molecule has 10 heteroatoms. The normalized spacial score (nSPS) is 10.9. The minimum absolute atomic E-state index is 0.000173. The molecule has 2 aromatic heterocycles. The summed E-state index contributed by atoms with van der Waals surface area (Å²) in [5, 5.41) is 0.767. The van der Waals surface area contributed by atoms with Crippen LogP contribution in [0.5, 0.6) is 0 Å². The molecular formula is C26H26N4O6. The summed E-state index contributed by atoms with van der Waals surface area (Å²) >= 11 is 0. The van der Waals surface area contributed by atoms with Crippen LogP contribution in [0.3, 0.4) is 0 Å². The van der Waals surface area contributed by atoms with Crippen molar-refractivity contribution in [3.8, 4) is 0 Å². The molecule has 0 unspecified atom stereocenters. The molecule has 0 saturated carbocycles. The summed E-state index contributed by atoms with van der Waals surface area (Å²) < 4.78 is 12.0. The second-order valence-electron chi connectivity index (χ2n) is 8.24. The molecule has 2 heterocycles. The molecule has 3 N–H and O–H groups in total. The number of esters is 1. The number of hydrogen-bond donors (Lipinski definition) is 2. The van der Waals surface area contributed by atoms with Crippen molar-refractivity contribution in [3.63, 3.8) is 0 Å². The number of aromatic nitrogens is 2. The molecule has 0 aliphatic rings. The Morgan fingerprint density at radius 3 is 2.47 bits per heavy atom. The number of aromatic amines is 1. The number of H-pyrrole nitrogens is 1. The number of rotatable bonds is 8. The lowest BCUT2D eigenvalue weighted by atomic mass is 10.1. The molecule has 0 fully saturated rings. The van der Waals surface area contributed by atoms with E-state index in [0.29, 0.717) is 17.6 Å². The maximum Gasteiger partial charge on any atom is 0.375 e. The van der Waals surface area contributed by atoms with Crippen molar-refractivity contribution in [1.82, 2.24) is 9.55 Å². The van der Waals surface area contributed by atoms with Gasteiger partial charge in [-0.1, -0.05) is 55.5 Å². The van der Waals surface area contributed by atoms with Crippen molar-refractivity contribution < 1.29 is 18.7 Å². The molecule has 0 atom stereocenters. The highest BCUT2D eigenvalue weighted by molar-refractivity contribution is 6.00. The second kappa shape index (κ2) is 10.3. The number of hydrogen-bond acceptors (Lipinski definition) is 7. The lowest BCUT2D eigenvalue weighted by Crippen LogP contribution is -2.43. The highest BCUT2D eigenvalue weighted by Gasteiger charge is 2.26. The molecule has 0 bridgehead atoms. The first-order valence-electron chi connectivity index (χ1n) is 11.4. The molecule has 36 heavy (non-hydrogen) atoms. The molecule has 0 saturated heterocycles. The molecule has 10 nitrogen and oxygen atoms in total. The predicted molar refractivity (Wildman–Crippen MR) is 135 cm³/mol. The van der Waals surface area contributed by atoms with Crippen molar-refractivity contribution >= 4 is 34.4 Å². The Labute approximate surface area is 205 Å². The number of aryl methyl sites for hydroxylation is 1. The summed E-state index contributed by atoms with van der Waals surface area (Å²) in [4.78, 5) is 54.4. The molecule has 0 spiro atoms. The number of carbonyl (C=O) groups is 2. The van der Waals surface area contributed by atoms with Gasteiger partial charge in [-0.05, 0) is 25.0 Å². The average Bonchev–Trinajstić information content (AvgIpc) is 3.21. The van der Waals surface area contributed by atoms with Crippen LogP contribution in [-0.2, 0) is 16.1 Å². The number of para-hydroxylation sites is 1. The number of nitrogens with two attached hydrogens (primary N) is 1. The molecule has 1 amide bonds. The zero-order valence-electron chi connectivity index (χ0n) is 19.9. The largest absolute Gasteiger partial charge is 0.450 e. The van der Waals surface area contributed by atoms with Crippen molar-refractivity contribution in [1.29, 1.82) is 0 Å². The fourth-order valence-electron chi connectivity index (χ4n) is 3.99. The number of nitrogen functional groups attached to an aromatic ring is 1. The number of nitrogens with zero attached hydrogens (tertiary/aromatic N) is 2. The van der Waals surface area contributed by atoms with E-state index in [2.05, 4.69) is 4.98 Å². The molecule has 0 aliphatic heterocycles. The van der Waals surface area contributed by atoms with Gasteiger partial charge >= 0.3 is 11.7 Å². The monoisotopic (exact) mass is 490 g/mol. The lowest BCUT2D eigenvalue weighted by molar-refractivity contribution is -0.121. The van der Waals surface area contributed by atoms with Crippen molar-refractivity contribution in [2.24, 2.45) is 0 Å². The van der Waals surface area contributed by atoms with Gasteiger partial charge in [0.25, 0.3) is 11.5 Å². The summed E-state index contributed by atoms with van der Waals surface area (Å²) in [6, 6.07) is 16.2. The zero-order chi connectivity index (χ0) is 25.8. The summed E-state index contributed by atoms with van der Waals surface area (Å²) in [5.41, 5.74) is 6.48. The van der Waals surface area contributed by atoms with Gasteiger partial charge in [-0.25, -0.2) is 9.59 Å².